The van der Waals surface area contributed by atoms with Gasteiger partial charge in [0.15, 0.2) is 11.5 Å². The second kappa shape index (κ2) is 5.43. The second-order valence-electron chi connectivity index (χ2n) is 4.01. The molecule has 1 aliphatic rings. The van der Waals surface area contributed by atoms with Crippen LogP contribution in [0.2, 0.25) is 0 Å². The largest absolute Gasteiger partial charge is 0.480 e. The number of aliphatic carboxylic acids is 1. The number of carbonyl (C=O) groups is 2. The number of benzene rings is 1. The average Bonchev–Trinajstić information content (AvgIpc) is 2.83. The molecule has 19 heavy (non-hydrogen) atoms. The molecule has 1 aromatic rings. The highest BCUT2D eigenvalue weighted by Crippen LogP contribution is 2.32. The number of carboxylic acid groups (broad SMARTS) is 1. The van der Waals surface area contributed by atoms with Gasteiger partial charge in [0.25, 0.3) is 0 Å². The van der Waals surface area contributed by atoms with Crippen LogP contribution < -0.4 is 14.8 Å². The van der Waals surface area contributed by atoms with Gasteiger partial charge >= 0.3 is 5.97 Å². The van der Waals surface area contributed by atoms with E-state index < -0.39 is 17.9 Å². The molecule has 1 aliphatic heterocycles. The van der Waals surface area contributed by atoms with Gasteiger partial charge in [-0.15, -0.1) is 0 Å². The molecule has 0 aliphatic carbocycles. The van der Waals surface area contributed by atoms with Gasteiger partial charge in [-0.1, -0.05) is 6.07 Å². The van der Waals surface area contributed by atoms with E-state index in [4.69, 9.17) is 14.6 Å². The minimum Gasteiger partial charge on any atom is -0.480 e. The molecule has 6 nitrogen and oxygen atoms in total. The van der Waals surface area contributed by atoms with E-state index in [2.05, 4.69) is 5.32 Å². The van der Waals surface area contributed by atoms with Crippen molar-refractivity contribution in [3.8, 4) is 11.5 Å². The van der Waals surface area contributed by atoms with Gasteiger partial charge in [0.1, 0.15) is 6.04 Å². The van der Waals surface area contributed by atoms with Crippen LogP contribution in [0, 0.1) is 0 Å². The molecule has 2 rings (SSSR count). The fraction of sp³-hybridized carbons (Fsp3) is 0.231. The molecule has 1 atom stereocenters. The first-order chi connectivity index (χ1) is 9.06. The van der Waals surface area contributed by atoms with Crippen LogP contribution in [-0.4, -0.2) is 29.8 Å². The standard InChI is InChI=1S/C13H13NO5/c1-8(13(16)17)14-12(15)5-3-9-2-4-10-11(6-9)19-7-18-10/h2-6,8H,7H2,1H3,(H,14,15)(H,16,17)/b5-3+/t8-/m0/s1. The lowest BCUT2D eigenvalue weighted by Crippen LogP contribution is -2.37. The summed E-state index contributed by atoms with van der Waals surface area (Å²) in [7, 11) is 0. The molecule has 1 aromatic carbocycles. The fourth-order valence-corrected chi connectivity index (χ4v) is 1.51. The van der Waals surface area contributed by atoms with Gasteiger partial charge in [-0.25, -0.2) is 0 Å². The van der Waals surface area contributed by atoms with Crippen LogP contribution in [0.25, 0.3) is 6.08 Å². The maximum Gasteiger partial charge on any atom is 0.325 e. The van der Waals surface area contributed by atoms with Crippen molar-refractivity contribution in [1.82, 2.24) is 5.32 Å². The van der Waals surface area contributed by atoms with E-state index in [1.807, 2.05) is 0 Å². The number of hydrogen-bond acceptors (Lipinski definition) is 4. The van der Waals surface area contributed by atoms with Crippen molar-refractivity contribution in [2.24, 2.45) is 0 Å². The molecule has 0 saturated heterocycles. The third-order valence-electron chi connectivity index (χ3n) is 2.55. The van der Waals surface area contributed by atoms with E-state index in [0.29, 0.717) is 11.5 Å². The Morgan fingerprint density at radius 3 is 2.84 bits per heavy atom. The van der Waals surface area contributed by atoms with E-state index >= 15 is 0 Å². The molecular weight excluding hydrogens is 250 g/mol. The Kier molecular flexibility index (Phi) is 3.70. The molecule has 1 amide bonds. The maximum absolute atomic E-state index is 11.4. The van der Waals surface area contributed by atoms with Crippen molar-refractivity contribution in [2.45, 2.75) is 13.0 Å². The number of carbonyl (C=O) groups excluding carboxylic acids is 1. The summed E-state index contributed by atoms with van der Waals surface area (Å²) in [5, 5.41) is 11.0. The fourth-order valence-electron chi connectivity index (χ4n) is 1.51. The molecule has 0 aromatic heterocycles. The van der Waals surface area contributed by atoms with Gasteiger partial charge in [-0.3, -0.25) is 9.59 Å². The van der Waals surface area contributed by atoms with Crippen LogP contribution in [-0.2, 0) is 9.59 Å². The Hall–Kier alpha value is -2.50. The zero-order chi connectivity index (χ0) is 13.8. The second-order valence-corrected chi connectivity index (χ2v) is 4.01. The van der Waals surface area contributed by atoms with Gasteiger partial charge in [-0.2, -0.15) is 0 Å². The van der Waals surface area contributed by atoms with Gasteiger partial charge < -0.3 is 19.9 Å². The van der Waals surface area contributed by atoms with Gasteiger partial charge in [-0.05, 0) is 30.7 Å². The Labute approximate surface area is 109 Å². The maximum atomic E-state index is 11.4. The first kappa shape index (κ1) is 12.9. The van der Waals surface area contributed by atoms with Gasteiger partial charge in [0, 0.05) is 6.08 Å². The van der Waals surface area contributed by atoms with Crippen LogP contribution in [0.5, 0.6) is 11.5 Å². The lowest BCUT2D eigenvalue weighted by Gasteiger charge is -2.05. The van der Waals surface area contributed by atoms with Crippen molar-refractivity contribution < 1.29 is 24.2 Å². The third-order valence-corrected chi connectivity index (χ3v) is 2.55. The number of fused-ring (bicyclic) bond motifs is 1. The predicted molar refractivity (Wildman–Crippen MR) is 66.8 cm³/mol. The lowest BCUT2D eigenvalue weighted by molar-refractivity contribution is -0.140. The van der Waals surface area contributed by atoms with Crippen molar-refractivity contribution in [1.29, 1.82) is 0 Å². The van der Waals surface area contributed by atoms with Crippen LogP contribution in [0.15, 0.2) is 24.3 Å². The number of carboxylic acids is 1. The summed E-state index contributed by atoms with van der Waals surface area (Å²) in [6.45, 7) is 1.59. The molecule has 0 fully saturated rings. The van der Waals surface area contributed by atoms with Crippen molar-refractivity contribution >= 4 is 18.0 Å². The van der Waals surface area contributed by atoms with E-state index in [0.717, 1.165) is 5.56 Å². The number of hydrogen-bond donors (Lipinski definition) is 2. The molecule has 0 saturated carbocycles. The number of amides is 1. The summed E-state index contributed by atoms with van der Waals surface area (Å²) < 4.78 is 10.4. The summed E-state index contributed by atoms with van der Waals surface area (Å²) in [6, 6.07) is 4.35. The average molecular weight is 263 g/mol. The Bertz CT molecular complexity index is 538. The molecule has 6 heteroatoms. The number of ether oxygens (including phenoxy) is 2. The van der Waals surface area contributed by atoms with Crippen molar-refractivity contribution in [2.75, 3.05) is 6.79 Å². The SMILES string of the molecule is C[C@H](NC(=O)/C=C/c1ccc2c(c1)OCO2)C(=O)O. The quantitative estimate of drug-likeness (QED) is 0.792. The van der Waals surface area contributed by atoms with E-state index in [9.17, 15) is 9.59 Å². The van der Waals surface area contributed by atoms with Crippen LogP contribution >= 0.6 is 0 Å². The summed E-state index contributed by atoms with van der Waals surface area (Å²) in [6.07, 6.45) is 2.85. The van der Waals surface area contributed by atoms with Crippen LogP contribution in [0.4, 0.5) is 0 Å². The van der Waals surface area contributed by atoms with Crippen molar-refractivity contribution in [3.63, 3.8) is 0 Å². The van der Waals surface area contributed by atoms with E-state index in [1.165, 1.54) is 13.0 Å². The topological polar surface area (TPSA) is 84.9 Å². The first-order valence-corrected chi connectivity index (χ1v) is 5.67. The molecule has 2 N–H and O–H groups in total. The Balaban J connectivity index is 1.98. The Morgan fingerprint density at radius 1 is 1.37 bits per heavy atom. The van der Waals surface area contributed by atoms with Gasteiger partial charge in [0.2, 0.25) is 12.7 Å². The zero-order valence-electron chi connectivity index (χ0n) is 10.3. The minimum atomic E-state index is -1.08. The summed E-state index contributed by atoms with van der Waals surface area (Å²) >= 11 is 0. The lowest BCUT2D eigenvalue weighted by atomic mass is 10.2. The Morgan fingerprint density at radius 2 is 2.11 bits per heavy atom. The first-order valence-electron chi connectivity index (χ1n) is 5.67. The van der Waals surface area contributed by atoms with Gasteiger partial charge in [0.05, 0.1) is 0 Å². The third kappa shape index (κ3) is 3.25. The molecule has 0 spiro atoms. The summed E-state index contributed by atoms with van der Waals surface area (Å²) in [4.78, 5) is 22.0. The summed E-state index contributed by atoms with van der Waals surface area (Å²) in [5.74, 6) is -0.250. The van der Waals surface area contributed by atoms with Crippen LogP contribution in [0.1, 0.15) is 12.5 Å². The molecule has 0 bridgehead atoms. The molecule has 1 heterocycles. The summed E-state index contributed by atoms with van der Waals surface area (Å²) in [5.41, 5.74) is 0.766. The molecule has 0 radical (unpaired) electrons. The smallest absolute Gasteiger partial charge is 0.325 e. The van der Waals surface area contributed by atoms with Crippen LogP contribution in [0.3, 0.4) is 0 Å². The van der Waals surface area contributed by atoms with Crippen molar-refractivity contribution in [3.05, 3.63) is 29.8 Å². The highest BCUT2D eigenvalue weighted by atomic mass is 16.7. The highest BCUT2D eigenvalue weighted by Gasteiger charge is 2.13. The monoisotopic (exact) mass is 263 g/mol. The zero-order valence-corrected chi connectivity index (χ0v) is 10.3. The normalized spacial score (nSPS) is 14.4. The molecule has 100 valence electrons. The number of rotatable bonds is 4. The minimum absolute atomic E-state index is 0.194. The van der Waals surface area contributed by atoms with E-state index in [1.54, 1.807) is 24.3 Å². The predicted octanol–water partition coefficient (Wildman–Crippen LogP) is 1.02. The highest BCUT2D eigenvalue weighted by molar-refractivity contribution is 5.94. The molecule has 0 unspecified atom stereocenters. The number of nitrogens with one attached hydrogen (secondary N) is 1. The van der Waals surface area contributed by atoms with E-state index in [-0.39, 0.29) is 6.79 Å². The molecular formula is C13H13NO5.